The van der Waals surface area contributed by atoms with E-state index in [2.05, 4.69) is 43.9 Å². The molecule has 18 heavy (non-hydrogen) atoms. The quantitative estimate of drug-likeness (QED) is 0.885. The maximum Gasteiger partial charge on any atom is 0.0594 e. The lowest BCUT2D eigenvalue weighted by Gasteiger charge is -2.12. The van der Waals surface area contributed by atoms with E-state index in [0.717, 1.165) is 33.0 Å². The summed E-state index contributed by atoms with van der Waals surface area (Å²) in [6.45, 7) is 3.05. The van der Waals surface area contributed by atoms with E-state index < -0.39 is 0 Å². The Balaban J connectivity index is 2.29. The van der Waals surface area contributed by atoms with Crippen molar-refractivity contribution in [3.05, 3.63) is 50.7 Å². The Labute approximate surface area is 124 Å². The van der Waals surface area contributed by atoms with Crippen molar-refractivity contribution in [1.29, 1.82) is 0 Å². The minimum atomic E-state index is -0.164. The van der Waals surface area contributed by atoms with Crippen molar-refractivity contribution in [1.82, 2.24) is 9.78 Å². The molecule has 96 valence electrons. The molecule has 2 aromatic rings. The van der Waals surface area contributed by atoms with E-state index >= 15 is 0 Å². The third-order valence-electron chi connectivity index (χ3n) is 2.76. The molecule has 0 fully saturated rings. The topological polar surface area (TPSA) is 43.8 Å². The molecule has 1 unspecified atom stereocenters. The van der Waals surface area contributed by atoms with Crippen LogP contribution in [-0.2, 0) is 6.54 Å². The molecular formula is C13H15Br2N3. The molecule has 2 N–H and O–H groups in total. The number of benzene rings is 1. The van der Waals surface area contributed by atoms with Crippen molar-refractivity contribution >= 4 is 31.9 Å². The molecule has 0 saturated carbocycles. The molecule has 0 spiro atoms. The van der Waals surface area contributed by atoms with E-state index in [9.17, 15) is 0 Å². The fourth-order valence-electron chi connectivity index (χ4n) is 1.82. The highest BCUT2D eigenvalue weighted by Crippen LogP contribution is 2.29. The first-order chi connectivity index (χ1) is 8.61. The second-order valence-corrected chi connectivity index (χ2v) is 5.95. The third-order valence-corrected chi connectivity index (χ3v) is 3.97. The summed E-state index contributed by atoms with van der Waals surface area (Å²) in [5.41, 5.74) is 8.38. The number of aryl methyl sites for hydroxylation is 1. The number of nitrogens with two attached hydrogens (primary N) is 1. The van der Waals surface area contributed by atoms with Gasteiger partial charge in [0, 0.05) is 27.3 Å². The van der Waals surface area contributed by atoms with Gasteiger partial charge in [-0.1, -0.05) is 38.8 Å². The molecule has 3 nitrogen and oxygen atoms in total. The lowest BCUT2D eigenvalue weighted by atomic mass is 10.0. The third kappa shape index (κ3) is 3.02. The van der Waals surface area contributed by atoms with Crippen LogP contribution >= 0.6 is 31.9 Å². The fourth-order valence-corrected chi connectivity index (χ4v) is 2.70. The predicted molar refractivity (Wildman–Crippen MR) is 80.4 cm³/mol. The van der Waals surface area contributed by atoms with Gasteiger partial charge in [0.05, 0.1) is 12.2 Å². The lowest BCUT2D eigenvalue weighted by Crippen LogP contribution is -2.12. The summed E-state index contributed by atoms with van der Waals surface area (Å²) in [7, 11) is 0. The highest BCUT2D eigenvalue weighted by atomic mass is 79.9. The summed E-state index contributed by atoms with van der Waals surface area (Å²) in [4.78, 5) is 0. The summed E-state index contributed by atoms with van der Waals surface area (Å²) in [6, 6.07) is 5.85. The van der Waals surface area contributed by atoms with Gasteiger partial charge < -0.3 is 5.73 Å². The summed E-state index contributed by atoms with van der Waals surface area (Å²) in [6.07, 6.45) is 4.92. The molecule has 0 aliphatic heterocycles. The molecule has 0 saturated heterocycles. The minimum absolute atomic E-state index is 0.164. The van der Waals surface area contributed by atoms with Gasteiger partial charge in [0.25, 0.3) is 0 Å². The van der Waals surface area contributed by atoms with Gasteiger partial charge in [0.1, 0.15) is 0 Å². The van der Waals surface area contributed by atoms with E-state index in [0.29, 0.717) is 0 Å². The average molecular weight is 373 g/mol. The smallest absolute Gasteiger partial charge is 0.0594 e. The molecule has 1 aromatic carbocycles. The average Bonchev–Trinajstić information content (AvgIpc) is 2.80. The molecule has 0 radical (unpaired) electrons. The Morgan fingerprint density at radius 3 is 2.89 bits per heavy atom. The van der Waals surface area contributed by atoms with Gasteiger partial charge in [0.2, 0.25) is 0 Å². The van der Waals surface area contributed by atoms with Crippen LogP contribution in [0.2, 0.25) is 0 Å². The van der Waals surface area contributed by atoms with Gasteiger partial charge in [0.15, 0.2) is 0 Å². The second-order valence-electron chi connectivity index (χ2n) is 4.18. The maximum absolute atomic E-state index is 6.29. The molecule has 5 heteroatoms. The predicted octanol–water partition coefficient (Wildman–Crippen LogP) is 3.87. The van der Waals surface area contributed by atoms with Crippen LogP contribution in [-0.4, -0.2) is 9.78 Å². The van der Waals surface area contributed by atoms with Crippen LogP contribution in [0.1, 0.15) is 30.5 Å². The van der Waals surface area contributed by atoms with Crippen LogP contribution in [0.15, 0.2) is 39.5 Å². The van der Waals surface area contributed by atoms with Gasteiger partial charge in [-0.2, -0.15) is 5.10 Å². The summed E-state index contributed by atoms with van der Waals surface area (Å²) in [5.74, 6) is 0. The molecule has 0 aliphatic carbocycles. The molecule has 1 atom stereocenters. The Bertz CT molecular complexity index is 537. The van der Waals surface area contributed by atoms with Crippen LogP contribution in [0.25, 0.3) is 0 Å². The van der Waals surface area contributed by atoms with Crippen molar-refractivity contribution in [3.63, 3.8) is 0 Å². The van der Waals surface area contributed by atoms with Crippen LogP contribution in [0.4, 0.5) is 0 Å². The standard InChI is InChI=1S/C13H15Br2N3/c1-2-5-18-8-9(7-17-18)13(16)11-6-10(14)3-4-12(11)15/h3-4,6-8,13H,2,5,16H2,1H3. The SMILES string of the molecule is CCCn1cc(C(N)c2cc(Br)ccc2Br)cn1. The van der Waals surface area contributed by atoms with E-state index in [4.69, 9.17) is 5.73 Å². The first-order valence-corrected chi connectivity index (χ1v) is 7.43. The number of hydrogen-bond donors (Lipinski definition) is 1. The largest absolute Gasteiger partial charge is 0.320 e. The van der Waals surface area contributed by atoms with Gasteiger partial charge in [-0.15, -0.1) is 0 Å². The zero-order chi connectivity index (χ0) is 13.1. The molecular weight excluding hydrogens is 358 g/mol. The summed E-state index contributed by atoms with van der Waals surface area (Å²) in [5, 5.41) is 4.31. The number of halogens is 2. The number of rotatable bonds is 4. The summed E-state index contributed by atoms with van der Waals surface area (Å²) >= 11 is 7.01. The Hall–Kier alpha value is -0.650. The molecule has 1 aromatic heterocycles. The summed E-state index contributed by atoms with van der Waals surface area (Å²) < 4.78 is 3.97. The molecule has 0 amide bonds. The first kappa shape index (κ1) is 13.8. The van der Waals surface area contributed by atoms with Crippen molar-refractivity contribution < 1.29 is 0 Å². The van der Waals surface area contributed by atoms with Crippen LogP contribution in [0.3, 0.4) is 0 Å². The van der Waals surface area contributed by atoms with E-state index in [1.54, 1.807) is 0 Å². The molecule has 2 rings (SSSR count). The highest BCUT2D eigenvalue weighted by Gasteiger charge is 2.14. The molecule has 0 bridgehead atoms. The Kier molecular flexibility index (Phi) is 4.59. The highest BCUT2D eigenvalue weighted by molar-refractivity contribution is 9.11. The molecule has 1 heterocycles. The van der Waals surface area contributed by atoms with Crippen LogP contribution < -0.4 is 5.73 Å². The zero-order valence-corrected chi connectivity index (χ0v) is 13.3. The fraction of sp³-hybridized carbons (Fsp3) is 0.308. The first-order valence-electron chi connectivity index (χ1n) is 5.84. The zero-order valence-electron chi connectivity index (χ0n) is 10.1. The van der Waals surface area contributed by atoms with Crippen molar-refractivity contribution in [2.45, 2.75) is 25.9 Å². The normalized spacial score (nSPS) is 12.7. The van der Waals surface area contributed by atoms with Gasteiger partial charge in [-0.05, 0) is 30.2 Å². The monoisotopic (exact) mass is 371 g/mol. The van der Waals surface area contributed by atoms with Crippen LogP contribution in [0.5, 0.6) is 0 Å². The van der Waals surface area contributed by atoms with Crippen molar-refractivity contribution in [2.24, 2.45) is 5.73 Å². The molecule has 0 aliphatic rings. The second kappa shape index (κ2) is 5.99. The number of hydrogen-bond acceptors (Lipinski definition) is 2. The van der Waals surface area contributed by atoms with Gasteiger partial charge in [-0.3, -0.25) is 4.68 Å². The van der Waals surface area contributed by atoms with Gasteiger partial charge >= 0.3 is 0 Å². The number of aromatic nitrogens is 2. The number of nitrogens with zero attached hydrogens (tertiary/aromatic N) is 2. The van der Waals surface area contributed by atoms with Crippen LogP contribution in [0, 0.1) is 0 Å². The van der Waals surface area contributed by atoms with E-state index in [1.807, 2.05) is 35.3 Å². The van der Waals surface area contributed by atoms with Gasteiger partial charge in [-0.25, -0.2) is 0 Å². The maximum atomic E-state index is 6.29. The van der Waals surface area contributed by atoms with E-state index in [1.165, 1.54) is 0 Å². The van der Waals surface area contributed by atoms with Crippen molar-refractivity contribution in [2.75, 3.05) is 0 Å². The minimum Gasteiger partial charge on any atom is -0.320 e. The van der Waals surface area contributed by atoms with Crippen molar-refractivity contribution in [3.8, 4) is 0 Å². The van der Waals surface area contributed by atoms with E-state index in [-0.39, 0.29) is 6.04 Å². The lowest BCUT2D eigenvalue weighted by molar-refractivity contribution is 0.602. The Morgan fingerprint density at radius 2 is 2.17 bits per heavy atom. The Morgan fingerprint density at radius 1 is 1.39 bits per heavy atom.